The third kappa shape index (κ3) is 2.77. The van der Waals surface area contributed by atoms with Crippen molar-refractivity contribution in [1.82, 2.24) is 4.98 Å². The number of H-pyrrole nitrogens is 1. The predicted octanol–water partition coefficient (Wildman–Crippen LogP) is 3.33. The molecule has 0 unspecified atom stereocenters. The average Bonchev–Trinajstić information content (AvgIpc) is 2.93. The molecule has 112 valence electrons. The van der Waals surface area contributed by atoms with Crippen LogP contribution in [0, 0.1) is 0 Å². The van der Waals surface area contributed by atoms with Gasteiger partial charge in [0.2, 0.25) is 0 Å². The fourth-order valence-electron chi connectivity index (χ4n) is 2.06. The summed E-state index contributed by atoms with van der Waals surface area (Å²) in [5.41, 5.74) is 0.806. The zero-order valence-electron chi connectivity index (χ0n) is 12.6. The first-order valence-corrected chi connectivity index (χ1v) is 6.80. The van der Waals surface area contributed by atoms with Crippen LogP contribution < -0.4 is 4.74 Å². The zero-order valence-corrected chi connectivity index (χ0v) is 12.6. The van der Waals surface area contributed by atoms with E-state index in [0.29, 0.717) is 34.2 Å². The second-order valence-corrected chi connectivity index (χ2v) is 5.43. The molecule has 2 aromatic rings. The van der Waals surface area contributed by atoms with Crippen molar-refractivity contribution in [2.24, 2.45) is 0 Å². The molecule has 0 aliphatic carbocycles. The van der Waals surface area contributed by atoms with Crippen LogP contribution in [0.3, 0.4) is 0 Å². The van der Waals surface area contributed by atoms with Gasteiger partial charge in [0.15, 0.2) is 6.29 Å². The molecule has 0 radical (unpaired) electrons. The Balaban J connectivity index is 2.57. The lowest BCUT2D eigenvalue weighted by Crippen LogP contribution is -2.27. The van der Waals surface area contributed by atoms with Crippen LogP contribution in [0.4, 0.5) is 0 Å². The van der Waals surface area contributed by atoms with E-state index in [2.05, 4.69) is 4.98 Å². The van der Waals surface area contributed by atoms with Crippen LogP contribution in [0.1, 0.15) is 47.9 Å². The van der Waals surface area contributed by atoms with Gasteiger partial charge in [0.1, 0.15) is 11.4 Å². The molecule has 1 aromatic heterocycles. The van der Waals surface area contributed by atoms with Gasteiger partial charge in [-0.25, -0.2) is 4.79 Å². The summed E-state index contributed by atoms with van der Waals surface area (Å²) in [5, 5.41) is 0.644. The number of aldehydes is 1. The molecule has 0 aliphatic rings. The van der Waals surface area contributed by atoms with E-state index in [1.165, 1.54) is 13.2 Å². The summed E-state index contributed by atoms with van der Waals surface area (Å²) in [7, 11) is 1.46. The Morgan fingerprint density at radius 1 is 1.43 bits per heavy atom. The van der Waals surface area contributed by atoms with Crippen molar-refractivity contribution in [1.29, 1.82) is 0 Å². The Hall–Kier alpha value is -2.30. The molecule has 5 nitrogen and oxygen atoms in total. The van der Waals surface area contributed by atoms with Crippen molar-refractivity contribution in [2.75, 3.05) is 7.11 Å². The quantitative estimate of drug-likeness (QED) is 0.677. The number of hydrogen-bond acceptors (Lipinski definition) is 4. The molecule has 0 aliphatic heterocycles. The molecule has 1 aromatic carbocycles. The Morgan fingerprint density at radius 2 is 2.14 bits per heavy atom. The van der Waals surface area contributed by atoms with E-state index in [1.807, 2.05) is 20.8 Å². The van der Waals surface area contributed by atoms with E-state index < -0.39 is 11.6 Å². The highest BCUT2D eigenvalue weighted by atomic mass is 16.6. The van der Waals surface area contributed by atoms with Crippen LogP contribution in [0.5, 0.6) is 5.75 Å². The van der Waals surface area contributed by atoms with Crippen LogP contribution in [-0.4, -0.2) is 30.0 Å². The fourth-order valence-corrected chi connectivity index (χ4v) is 2.06. The van der Waals surface area contributed by atoms with Gasteiger partial charge in [-0.15, -0.1) is 0 Å². The number of methoxy groups -OCH3 is 1. The van der Waals surface area contributed by atoms with Crippen molar-refractivity contribution in [3.05, 3.63) is 29.5 Å². The van der Waals surface area contributed by atoms with Gasteiger partial charge < -0.3 is 14.5 Å². The summed E-state index contributed by atoms with van der Waals surface area (Å²) in [6.45, 7) is 5.66. The molecule has 1 N–H and O–H groups in total. The third-order valence-electron chi connectivity index (χ3n) is 3.63. The predicted molar refractivity (Wildman–Crippen MR) is 80.0 cm³/mol. The third-order valence-corrected chi connectivity index (χ3v) is 3.63. The summed E-state index contributed by atoms with van der Waals surface area (Å²) in [6.07, 6.45) is 3.11. The van der Waals surface area contributed by atoms with Crippen LogP contribution >= 0.6 is 0 Å². The highest BCUT2D eigenvalue weighted by Crippen LogP contribution is 2.31. The van der Waals surface area contributed by atoms with Crippen molar-refractivity contribution in [3.8, 4) is 5.75 Å². The summed E-state index contributed by atoms with van der Waals surface area (Å²) >= 11 is 0. The summed E-state index contributed by atoms with van der Waals surface area (Å²) in [4.78, 5) is 26.6. The number of esters is 1. The number of fused-ring (bicyclic) bond motifs is 1. The van der Waals surface area contributed by atoms with Crippen LogP contribution in [0.2, 0.25) is 0 Å². The second kappa shape index (κ2) is 5.60. The first-order valence-electron chi connectivity index (χ1n) is 6.80. The largest absolute Gasteiger partial charge is 0.496 e. The average molecular weight is 289 g/mol. The molecular weight excluding hydrogens is 270 g/mol. The number of nitrogens with one attached hydrogen (secondary N) is 1. The molecule has 0 amide bonds. The van der Waals surface area contributed by atoms with E-state index in [1.54, 1.807) is 12.3 Å². The van der Waals surface area contributed by atoms with E-state index >= 15 is 0 Å². The van der Waals surface area contributed by atoms with E-state index in [9.17, 15) is 9.59 Å². The molecule has 0 saturated heterocycles. The molecule has 2 rings (SSSR count). The SMILES string of the molecule is CCC(C)(C)OC(=O)c1cc(OC)c(C=O)c2cc[nH]c12. The lowest BCUT2D eigenvalue weighted by atomic mass is 10.0. The topological polar surface area (TPSA) is 68.4 Å². The minimum absolute atomic E-state index is 0.360. The fraction of sp³-hybridized carbons (Fsp3) is 0.375. The monoisotopic (exact) mass is 289 g/mol. The van der Waals surface area contributed by atoms with Crippen molar-refractivity contribution < 1.29 is 19.1 Å². The lowest BCUT2D eigenvalue weighted by molar-refractivity contribution is -0.00227. The number of aromatic amines is 1. The minimum atomic E-state index is -0.549. The molecule has 0 atom stereocenters. The zero-order chi connectivity index (χ0) is 15.6. The van der Waals surface area contributed by atoms with Crippen molar-refractivity contribution in [3.63, 3.8) is 0 Å². The second-order valence-electron chi connectivity index (χ2n) is 5.43. The number of carbonyl (C=O) groups excluding carboxylic acids is 2. The van der Waals surface area contributed by atoms with Gasteiger partial charge in [0.05, 0.1) is 23.8 Å². The van der Waals surface area contributed by atoms with Gasteiger partial charge in [-0.2, -0.15) is 0 Å². The van der Waals surface area contributed by atoms with E-state index in [4.69, 9.17) is 9.47 Å². The maximum Gasteiger partial charge on any atom is 0.340 e. The van der Waals surface area contributed by atoms with Crippen LogP contribution in [0.25, 0.3) is 10.9 Å². The first kappa shape index (κ1) is 15.1. The summed E-state index contributed by atoms with van der Waals surface area (Å²) in [6, 6.07) is 3.28. The molecule has 5 heteroatoms. The van der Waals surface area contributed by atoms with Gasteiger partial charge in [-0.1, -0.05) is 6.92 Å². The van der Waals surface area contributed by atoms with E-state index in [0.717, 1.165) is 6.29 Å². The Labute approximate surface area is 123 Å². The van der Waals surface area contributed by atoms with Gasteiger partial charge in [0, 0.05) is 11.6 Å². The van der Waals surface area contributed by atoms with Crippen molar-refractivity contribution in [2.45, 2.75) is 32.8 Å². The number of ether oxygens (including phenoxy) is 2. The summed E-state index contributed by atoms with van der Waals surface area (Å²) < 4.78 is 10.7. The van der Waals surface area contributed by atoms with Gasteiger partial charge in [-0.3, -0.25) is 4.79 Å². The number of hydrogen-bond donors (Lipinski definition) is 1. The lowest BCUT2D eigenvalue weighted by Gasteiger charge is -2.23. The Morgan fingerprint density at radius 3 is 2.71 bits per heavy atom. The van der Waals surface area contributed by atoms with Crippen molar-refractivity contribution >= 4 is 23.2 Å². The number of aromatic nitrogens is 1. The van der Waals surface area contributed by atoms with Gasteiger partial charge >= 0.3 is 5.97 Å². The molecule has 0 bridgehead atoms. The molecule has 0 fully saturated rings. The standard InChI is InChI=1S/C16H19NO4/c1-5-16(2,3)21-15(19)11-8-13(20-4)12(9-18)10-6-7-17-14(10)11/h6-9,17H,5H2,1-4H3. The van der Waals surface area contributed by atoms with Crippen LogP contribution in [-0.2, 0) is 4.74 Å². The number of carbonyl (C=O) groups is 2. The van der Waals surface area contributed by atoms with Gasteiger partial charge in [0.25, 0.3) is 0 Å². The Kier molecular flexibility index (Phi) is 4.02. The minimum Gasteiger partial charge on any atom is -0.496 e. The highest BCUT2D eigenvalue weighted by Gasteiger charge is 2.25. The molecule has 1 heterocycles. The molecule has 0 spiro atoms. The van der Waals surface area contributed by atoms with E-state index in [-0.39, 0.29) is 0 Å². The number of rotatable bonds is 5. The summed E-state index contributed by atoms with van der Waals surface area (Å²) in [5.74, 6) is -0.0802. The normalized spacial score (nSPS) is 11.4. The number of benzene rings is 1. The van der Waals surface area contributed by atoms with Gasteiger partial charge in [-0.05, 0) is 32.4 Å². The maximum atomic E-state index is 12.4. The molecule has 0 saturated carbocycles. The smallest absolute Gasteiger partial charge is 0.340 e. The highest BCUT2D eigenvalue weighted by molar-refractivity contribution is 6.09. The van der Waals surface area contributed by atoms with Crippen LogP contribution in [0.15, 0.2) is 18.3 Å². The maximum absolute atomic E-state index is 12.4. The first-order chi connectivity index (χ1) is 9.93. The molecule has 21 heavy (non-hydrogen) atoms. The Bertz CT molecular complexity index is 685. The molecular formula is C16H19NO4.